The van der Waals surface area contributed by atoms with Crippen LogP contribution in [0.4, 0.5) is 0 Å². The summed E-state index contributed by atoms with van der Waals surface area (Å²) in [5, 5.41) is 14.2. The molecule has 1 atom stereocenters. The molecule has 0 aromatic carbocycles. The average Bonchev–Trinajstić information content (AvgIpc) is 2.84. The molecule has 0 bridgehead atoms. The number of hydrogen-bond donors (Lipinski definition) is 2. The van der Waals surface area contributed by atoms with Gasteiger partial charge in [0.2, 0.25) is 6.20 Å². The van der Waals surface area contributed by atoms with Gasteiger partial charge in [-0.1, -0.05) is 36.4 Å². The molecule has 2 aliphatic rings. The molecule has 0 radical (unpaired) electrons. The van der Waals surface area contributed by atoms with Crippen LogP contribution in [0.1, 0.15) is 31.6 Å². The summed E-state index contributed by atoms with van der Waals surface area (Å²) >= 11 is 6.12. The number of ether oxygens (including phenoxy) is 1. The van der Waals surface area contributed by atoms with E-state index >= 15 is 0 Å². The van der Waals surface area contributed by atoms with Crippen LogP contribution in [0, 0.1) is 0 Å². The van der Waals surface area contributed by atoms with Gasteiger partial charge in [-0.2, -0.15) is 0 Å². The van der Waals surface area contributed by atoms with Crippen molar-refractivity contribution >= 4 is 11.6 Å². The van der Waals surface area contributed by atoms with E-state index < -0.39 is 0 Å². The van der Waals surface area contributed by atoms with Crippen LogP contribution in [-0.4, -0.2) is 23.9 Å². The molecular weight excluding hydrogens is 312 g/mol. The minimum absolute atomic E-state index is 0.311. The molecule has 23 heavy (non-hydrogen) atoms. The number of rotatable bonds is 2. The number of nitrogens with zero attached hydrogens (tertiary/aromatic N) is 1. The van der Waals surface area contributed by atoms with Crippen molar-refractivity contribution in [3.8, 4) is 0 Å². The van der Waals surface area contributed by atoms with E-state index in [9.17, 15) is 5.21 Å². The zero-order chi connectivity index (χ0) is 16.4. The highest BCUT2D eigenvalue weighted by molar-refractivity contribution is 6.30. The third kappa shape index (κ3) is 2.82. The molecule has 1 spiro atoms. The number of aromatic nitrogens is 1. The average molecular weight is 334 g/mol. The predicted molar refractivity (Wildman–Crippen MR) is 89.5 cm³/mol. The smallest absolute Gasteiger partial charge is 0.268 e. The van der Waals surface area contributed by atoms with E-state index in [1.165, 1.54) is 11.8 Å². The number of pyridine rings is 1. The molecule has 3 rings (SSSR count). The minimum atomic E-state index is -0.360. The van der Waals surface area contributed by atoms with Crippen molar-refractivity contribution in [3.05, 3.63) is 65.0 Å². The highest BCUT2D eigenvalue weighted by Crippen LogP contribution is 2.50. The quantitative estimate of drug-likeness (QED) is 0.645. The Morgan fingerprint density at radius 1 is 1.48 bits per heavy atom. The SMILES string of the molecule is C=C/C=C1\C(=C/C)C2(CCNCC2)OC1c1cc(Cl)cc[n+]1O. The summed E-state index contributed by atoms with van der Waals surface area (Å²) in [6, 6.07) is 3.39. The minimum Gasteiger partial charge on any atom is -0.351 e. The first-order valence-electron chi connectivity index (χ1n) is 7.90. The van der Waals surface area contributed by atoms with Crippen molar-refractivity contribution in [2.24, 2.45) is 0 Å². The molecule has 0 aliphatic carbocycles. The summed E-state index contributed by atoms with van der Waals surface area (Å²) in [7, 11) is 0. The number of hydrogen-bond acceptors (Lipinski definition) is 3. The number of allylic oxidation sites excluding steroid dienone is 3. The molecule has 1 aromatic rings. The lowest BCUT2D eigenvalue weighted by atomic mass is 9.82. The van der Waals surface area contributed by atoms with Gasteiger partial charge >= 0.3 is 0 Å². The van der Waals surface area contributed by atoms with Crippen molar-refractivity contribution in [1.82, 2.24) is 5.32 Å². The van der Waals surface area contributed by atoms with E-state index in [0.717, 1.165) is 36.2 Å². The molecule has 2 fully saturated rings. The van der Waals surface area contributed by atoms with Crippen molar-refractivity contribution in [2.45, 2.75) is 31.5 Å². The summed E-state index contributed by atoms with van der Waals surface area (Å²) in [4.78, 5) is 0. The molecule has 2 saturated heterocycles. The molecule has 4 nitrogen and oxygen atoms in total. The lowest BCUT2D eigenvalue weighted by Crippen LogP contribution is -2.43. The highest BCUT2D eigenvalue weighted by Gasteiger charge is 2.50. The van der Waals surface area contributed by atoms with Gasteiger partial charge in [0.05, 0.1) is 10.6 Å². The van der Waals surface area contributed by atoms with E-state index in [-0.39, 0.29) is 11.7 Å². The van der Waals surface area contributed by atoms with E-state index in [4.69, 9.17) is 16.3 Å². The second kappa shape index (κ2) is 6.48. The van der Waals surface area contributed by atoms with Gasteiger partial charge in [-0.05, 0) is 44.0 Å². The van der Waals surface area contributed by atoms with Crippen molar-refractivity contribution in [3.63, 3.8) is 0 Å². The van der Waals surface area contributed by atoms with Crippen LogP contribution < -0.4 is 10.0 Å². The Hall–Kier alpha value is -1.62. The number of halogens is 1. The first-order chi connectivity index (χ1) is 11.1. The predicted octanol–water partition coefficient (Wildman–Crippen LogP) is 3.12. The molecule has 3 heterocycles. The van der Waals surface area contributed by atoms with Crippen molar-refractivity contribution in [2.75, 3.05) is 13.1 Å². The Morgan fingerprint density at radius 3 is 2.87 bits per heavy atom. The van der Waals surface area contributed by atoms with E-state index in [1.807, 2.05) is 13.0 Å². The van der Waals surface area contributed by atoms with Crippen LogP contribution in [-0.2, 0) is 4.74 Å². The normalized spacial score (nSPS) is 27.0. The van der Waals surface area contributed by atoms with E-state index in [0.29, 0.717) is 10.7 Å². The van der Waals surface area contributed by atoms with Crippen LogP contribution in [0.2, 0.25) is 5.02 Å². The molecule has 2 N–H and O–H groups in total. The summed E-state index contributed by atoms with van der Waals surface area (Å²) in [5.41, 5.74) is 2.54. The first kappa shape index (κ1) is 16.2. The fourth-order valence-electron chi connectivity index (χ4n) is 3.61. The molecule has 5 heteroatoms. The van der Waals surface area contributed by atoms with E-state index in [1.54, 1.807) is 18.2 Å². The standard InChI is InChI=1S/C18H22ClN2O2/c1-3-5-14-15(4-2)18(7-9-20-10-8-18)23-17(14)16-12-13(19)6-11-21(16)22/h3-6,11-12,17,20,22H,1,7-10H2,2H3/q+1/b14-5+,15-4+. The molecular formula is C18H22ClN2O2+. The molecule has 0 saturated carbocycles. The second-order valence-corrected chi connectivity index (χ2v) is 6.35. The van der Waals surface area contributed by atoms with Crippen LogP contribution in [0.3, 0.4) is 0 Å². The van der Waals surface area contributed by atoms with Crippen molar-refractivity contribution < 1.29 is 14.7 Å². The van der Waals surface area contributed by atoms with Gasteiger partial charge in [-0.25, -0.2) is 0 Å². The van der Waals surface area contributed by atoms with Gasteiger partial charge in [0, 0.05) is 16.9 Å². The maximum Gasteiger partial charge on any atom is 0.268 e. The summed E-state index contributed by atoms with van der Waals surface area (Å²) in [6.07, 6.45) is 8.84. The van der Waals surface area contributed by atoms with Gasteiger partial charge in [0.15, 0.2) is 6.10 Å². The highest BCUT2D eigenvalue weighted by atomic mass is 35.5. The maximum absolute atomic E-state index is 10.2. The number of nitrogens with one attached hydrogen (secondary N) is 1. The number of piperidine rings is 1. The fraction of sp³-hybridized carbons (Fsp3) is 0.389. The third-order valence-corrected chi connectivity index (χ3v) is 4.85. The topological polar surface area (TPSA) is 45.4 Å². The molecule has 0 amide bonds. The summed E-state index contributed by atoms with van der Waals surface area (Å²) < 4.78 is 7.60. The second-order valence-electron chi connectivity index (χ2n) is 5.92. The Kier molecular flexibility index (Phi) is 4.57. The first-order valence-corrected chi connectivity index (χ1v) is 8.28. The van der Waals surface area contributed by atoms with Gasteiger partial charge in [-0.15, -0.1) is 0 Å². The zero-order valence-corrected chi connectivity index (χ0v) is 14.0. The maximum atomic E-state index is 10.2. The Morgan fingerprint density at radius 2 is 2.22 bits per heavy atom. The van der Waals surface area contributed by atoms with Gasteiger partial charge in [0.1, 0.15) is 0 Å². The zero-order valence-electron chi connectivity index (χ0n) is 13.3. The van der Waals surface area contributed by atoms with E-state index in [2.05, 4.69) is 18.0 Å². The molecule has 1 unspecified atom stereocenters. The largest absolute Gasteiger partial charge is 0.351 e. The van der Waals surface area contributed by atoms with Gasteiger partial charge < -0.3 is 10.1 Å². The third-order valence-electron chi connectivity index (χ3n) is 4.62. The van der Waals surface area contributed by atoms with Crippen LogP contribution >= 0.6 is 11.6 Å². The lowest BCUT2D eigenvalue weighted by Gasteiger charge is -2.34. The lowest BCUT2D eigenvalue weighted by molar-refractivity contribution is -0.911. The Labute approximate surface area is 141 Å². The van der Waals surface area contributed by atoms with Crippen LogP contribution in [0.25, 0.3) is 0 Å². The molecule has 2 aliphatic heterocycles. The monoisotopic (exact) mass is 333 g/mol. The fourth-order valence-corrected chi connectivity index (χ4v) is 3.78. The van der Waals surface area contributed by atoms with Gasteiger partial charge in [-0.3, -0.25) is 5.21 Å². The summed E-state index contributed by atoms with van der Waals surface area (Å²) in [5.74, 6) is 0. The summed E-state index contributed by atoms with van der Waals surface area (Å²) in [6.45, 7) is 7.70. The molecule has 122 valence electrons. The Balaban J connectivity index is 2.11. The van der Waals surface area contributed by atoms with Crippen molar-refractivity contribution in [1.29, 1.82) is 0 Å². The Bertz CT molecular complexity index is 676. The van der Waals surface area contributed by atoms with Gasteiger partial charge in [0.25, 0.3) is 5.69 Å². The van der Waals surface area contributed by atoms with Crippen LogP contribution in [0.15, 0.2) is 54.3 Å². The van der Waals surface area contributed by atoms with Crippen LogP contribution in [0.5, 0.6) is 0 Å². The molecule has 1 aromatic heterocycles.